The van der Waals surface area contributed by atoms with Crippen LogP contribution in [0.4, 0.5) is 0 Å². The number of allylic oxidation sites excluding steroid dienone is 2. The molecule has 2 rings (SSSR count). The fraction of sp³-hybridized carbons (Fsp3) is 0.300. The Morgan fingerprint density at radius 3 is 2.15 bits per heavy atom. The first kappa shape index (κ1) is 14.6. The molecule has 0 aliphatic heterocycles. The molecule has 0 spiro atoms. The lowest BCUT2D eigenvalue weighted by Crippen LogP contribution is -2.02. The van der Waals surface area contributed by atoms with Gasteiger partial charge in [0.05, 0.1) is 0 Å². The van der Waals surface area contributed by atoms with Gasteiger partial charge in [-0.2, -0.15) is 0 Å². The second-order valence-corrected chi connectivity index (χ2v) is 5.86. The van der Waals surface area contributed by atoms with Crippen molar-refractivity contribution in [1.29, 1.82) is 0 Å². The smallest absolute Gasteiger partial charge is 0.00663 e. The SMILES string of the molecule is CC(C)=C(c1cc(C)ccc1C)C(C)c1ccccc1. The van der Waals surface area contributed by atoms with E-state index in [0.29, 0.717) is 5.92 Å². The van der Waals surface area contributed by atoms with Gasteiger partial charge in [-0.25, -0.2) is 0 Å². The molecule has 0 radical (unpaired) electrons. The van der Waals surface area contributed by atoms with Crippen molar-refractivity contribution in [3.8, 4) is 0 Å². The fourth-order valence-corrected chi connectivity index (χ4v) is 2.87. The second-order valence-electron chi connectivity index (χ2n) is 5.86. The number of aryl methyl sites for hydroxylation is 2. The van der Waals surface area contributed by atoms with E-state index >= 15 is 0 Å². The predicted octanol–water partition coefficient (Wildman–Crippen LogP) is 5.90. The summed E-state index contributed by atoms with van der Waals surface area (Å²) in [5.74, 6) is 0.418. The molecule has 0 heterocycles. The van der Waals surface area contributed by atoms with Gasteiger partial charge in [-0.1, -0.05) is 66.6 Å². The van der Waals surface area contributed by atoms with Gasteiger partial charge in [0.2, 0.25) is 0 Å². The third-order valence-electron chi connectivity index (χ3n) is 3.95. The molecular formula is C20H24. The van der Waals surface area contributed by atoms with Crippen LogP contribution in [0.3, 0.4) is 0 Å². The van der Waals surface area contributed by atoms with E-state index in [0.717, 1.165) is 0 Å². The highest BCUT2D eigenvalue weighted by molar-refractivity contribution is 5.75. The van der Waals surface area contributed by atoms with Crippen LogP contribution in [0.15, 0.2) is 54.1 Å². The predicted molar refractivity (Wildman–Crippen MR) is 89.0 cm³/mol. The van der Waals surface area contributed by atoms with Gasteiger partial charge in [-0.15, -0.1) is 0 Å². The first-order chi connectivity index (χ1) is 9.50. The normalized spacial score (nSPS) is 12.1. The zero-order valence-electron chi connectivity index (χ0n) is 13.2. The maximum atomic E-state index is 2.32. The average molecular weight is 264 g/mol. The maximum absolute atomic E-state index is 2.32. The second kappa shape index (κ2) is 6.09. The van der Waals surface area contributed by atoms with E-state index in [9.17, 15) is 0 Å². The van der Waals surface area contributed by atoms with Gasteiger partial charge in [-0.3, -0.25) is 0 Å². The van der Waals surface area contributed by atoms with E-state index < -0.39 is 0 Å². The summed E-state index contributed by atoms with van der Waals surface area (Å²) in [7, 11) is 0. The highest BCUT2D eigenvalue weighted by Crippen LogP contribution is 2.36. The lowest BCUT2D eigenvalue weighted by Gasteiger charge is -2.21. The minimum Gasteiger partial charge on any atom is -0.0720 e. The molecule has 0 amide bonds. The van der Waals surface area contributed by atoms with Crippen LogP contribution < -0.4 is 0 Å². The van der Waals surface area contributed by atoms with Gasteiger partial charge in [0.1, 0.15) is 0 Å². The first-order valence-electron chi connectivity index (χ1n) is 7.30. The van der Waals surface area contributed by atoms with Crippen molar-refractivity contribution in [3.05, 3.63) is 76.4 Å². The molecule has 20 heavy (non-hydrogen) atoms. The van der Waals surface area contributed by atoms with E-state index in [2.05, 4.69) is 83.1 Å². The van der Waals surface area contributed by atoms with Gasteiger partial charge in [0.15, 0.2) is 0 Å². The first-order valence-corrected chi connectivity index (χ1v) is 7.30. The summed E-state index contributed by atoms with van der Waals surface area (Å²) < 4.78 is 0. The average Bonchev–Trinajstić information content (AvgIpc) is 2.43. The summed E-state index contributed by atoms with van der Waals surface area (Å²) in [5.41, 5.74) is 8.30. The topological polar surface area (TPSA) is 0 Å². The van der Waals surface area contributed by atoms with Gasteiger partial charge in [-0.05, 0) is 50.0 Å². The molecule has 0 heteroatoms. The van der Waals surface area contributed by atoms with Gasteiger partial charge in [0.25, 0.3) is 0 Å². The largest absolute Gasteiger partial charge is 0.0720 e. The molecule has 0 aliphatic rings. The molecule has 0 bridgehead atoms. The Morgan fingerprint density at radius 1 is 0.900 bits per heavy atom. The van der Waals surface area contributed by atoms with Crippen LogP contribution in [0.1, 0.15) is 48.9 Å². The van der Waals surface area contributed by atoms with Crippen molar-refractivity contribution in [2.24, 2.45) is 0 Å². The molecule has 0 N–H and O–H groups in total. The zero-order chi connectivity index (χ0) is 14.7. The fourth-order valence-electron chi connectivity index (χ4n) is 2.87. The van der Waals surface area contributed by atoms with Crippen molar-refractivity contribution in [2.75, 3.05) is 0 Å². The molecule has 0 nitrogen and oxygen atoms in total. The van der Waals surface area contributed by atoms with E-state index in [4.69, 9.17) is 0 Å². The van der Waals surface area contributed by atoms with E-state index in [1.165, 1.54) is 33.4 Å². The number of hydrogen-bond donors (Lipinski definition) is 0. The third-order valence-corrected chi connectivity index (χ3v) is 3.95. The molecule has 0 aliphatic carbocycles. The monoisotopic (exact) mass is 264 g/mol. The highest BCUT2D eigenvalue weighted by atomic mass is 14.2. The highest BCUT2D eigenvalue weighted by Gasteiger charge is 2.16. The van der Waals surface area contributed by atoms with E-state index in [1.54, 1.807) is 0 Å². The number of hydrogen-bond acceptors (Lipinski definition) is 0. The molecule has 1 atom stereocenters. The lowest BCUT2D eigenvalue weighted by molar-refractivity contribution is 0.972. The van der Waals surface area contributed by atoms with Gasteiger partial charge >= 0.3 is 0 Å². The minimum absolute atomic E-state index is 0.418. The molecule has 0 saturated carbocycles. The van der Waals surface area contributed by atoms with Crippen LogP contribution in [0, 0.1) is 13.8 Å². The van der Waals surface area contributed by atoms with E-state index in [1.807, 2.05) is 0 Å². The summed E-state index contributed by atoms with van der Waals surface area (Å²) in [6.45, 7) is 11.1. The Balaban J connectivity index is 2.54. The summed E-state index contributed by atoms with van der Waals surface area (Å²) >= 11 is 0. The van der Waals surface area contributed by atoms with E-state index in [-0.39, 0.29) is 0 Å². The summed E-state index contributed by atoms with van der Waals surface area (Å²) in [6, 6.07) is 17.5. The Morgan fingerprint density at radius 2 is 1.55 bits per heavy atom. The molecule has 0 fully saturated rings. The van der Waals surface area contributed by atoms with Crippen LogP contribution in [0.2, 0.25) is 0 Å². The zero-order valence-corrected chi connectivity index (χ0v) is 13.2. The van der Waals surface area contributed by atoms with Crippen molar-refractivity contribution in [2.45, 2.75) is 40.5 Å². The summed E-state index contributed by atoms with van der Waals surface area (Å²) in [6.07, 6.45) is 0. The molecule has 0 saturated heterocycles. The molecule has 2 aromatic carbocycles. The molecule has 2 aromatic rings. The number of benzene rings is 2. The lowest BCUT2D eigenvalue weighted by atomic mass is 9.83. The Kier molecular flexibility index (Phi) is 4.44. The van der Waals surface area contributed by atoms with Crippen LogP contribution in [0.5, 0.6) is 0 Å². The Bertz CT molecular complexity index is 614. The van der Waals surface area contributed by atoms with Crippen LogP contribution >= 0.6 is 0 Å². The van der Waals surface area contributed by atoms with Crippen LogP contribution in [-0.2, 0) is 0 Å². The molecule has 104 valence electrons. The Labute approximate surface area is 123 Å². The van der Waals surface area contributed by atoms with Crippen LogP contribution in [-0.4, -0.2) is 0 Å². The quantitative estimate of drug-likeness (QED) is 0.647. The molecular weight excluding hydrogens is 240 g/mol. The Hall–Kier alpha value is -1.82. The minimum atomic E-state index is 0.418. The summed E-state index contributed by atoms with van der Waals surface area (Å²) in [5, 5.41) is 0. The molecule has 0 aromatic heterocycles. The van der Waals surface area contributed by atoms with Crippen molar-refractivity contribution >= 4 is 5.57 Å². The maximum Gasteiger partial charge on any atom is 0.00663 e. The van der Waals surface area contributed by atoms with Crippen molar-refractivity contribution in [3.63, 3.8) is 0 Å². The van der Waals surface area contributed by atoms with Crippen molar-refractivity contribution in [1.82, 2.24) is 0 Å². The summed E-state index contributed by atoms with van der Waals surface area (Å²) in [4.78, 5) is 0. The van der Waals surface area contributed by atoms with Gasteiger partial charge in [0, 0.05) is 5.92 Å². The van der Waals surface area contributed by atoms with Crippen LogP contribution in [0.25, 0.3) is 5.57 Å². The number of rotatable bonds is 3. The van der Waals surface area contributed by atoms with Crippen molar-refractivity contribution < 1.29 is 0 Å². The van der Waals surface area contributed by atoms with Gasteiger partial charge < -0.3 is 0 Å². The standard InChI is InChI=1S/C20H24/c1-14(2)20(17(5)18-9-7-6-8-10-18)19-13-15(3)11-12-16(19)4/h6-13,17H,1-5H3. The third kappa shape index (κ3) is 3.01. The molecule has 1 unspecified atom stereocenters.